The fourth-order valence-electron chi connectivity index (χ4n) is 1.18. The van der Waals surface area contributed by atoms with Crippen LogP contribution in [0.4, 0.5) is 5.69 Å². The monoisotopic (exact) mass is 252 g/mol. The first kappa shape index (κ1) is 13.6. The normalized spacial score (nSPS) is 9.71. The van der Waals surface area contributed by atoms with Gasteiger partial charge in [0, 0.05) is 24.9 Å². The second-order valence-electron chi connectivity index (χ2n) is 3.45. The van der Waals surface area contributed by atoms with E-state index in [1.54, 1.807) is 0 Å². The van der Waals surface area contributed by atoms with Gasteiger partial charge >= 0.3 is 0 Å². The van der Waals surface area contributed by atoms with Gasteiger partial charge in [0.2, 0.25) is 11.8 Å². The Bertz CT molecular complexity index is 368. The third kappa shape index (κ3) is 6.63. The first-order valence-corrected chi connectivity index (χ1v) is 6.51. The zero-order chi connectivity index (χ0) is 12.5. The van der Waals surface area contributed by atoms with Gasteiger partial charge in [0.25, 0.3) is 0 Å². The Balaban J connectivity index is 2.12. The molecule has 0 radical (unpaired) electrons. The average molecular weight is 252 g/mol. The lowest BCUT2D eigenvalue weighted by atomic mass is 10.3. The molecule has 4 nitrogen and oxygen atoms in total. The molecule has 1 rings (SSSR count). The molecule has 0 unspecified atom stereocenters. The van der Waals surface area contributed by atoms with E-state index < -0.39 is 0 Å². The van der Waals surface area contributed by atoms with Gasteiger partial charge in [-0.3, -0.25) is 9.59 Å². The molecule has 0 fully saturated rings. The molecule has 2 N–H and O–H groups in total. The second-order valence-corrected chi connectivity index (χ2v) is 4.55. The van der Waals surface area contributed by atoms with Gasteiger partial charge in [0.05, 0.1) is 5.75 Å². The number of hydrogen-bond donors (Lipinski definition) is 2. The summed E-state index contributed by atoms with van der Waals surface area (Å²) < 4.78 is 0. The maximum Gasteiger partial charge on any atom is 0.234 e. The lowest BCUT2D eigenvalue weighted by molar-refractivity contribution is -0.118. The highest BCUT2D eigenvalue weighted by Gasteiger charge is 2.01. The van der Waals surface area contributed by atoms with Crippen molar-refractivity contribution in [3.8, 4) is 0 Å². The van der Waals surface area contributed by atoms with E-state index in [9.17, 15) is 9.59 Å². The van der Waals surface area contributed by atoms with Gasteiger partial charge in [0.1, 0.15) is 0 Å². The molecule has 0 atom stereocenters. The SMILES string of the molecule is CC(=O)NCCSCC(=O)Nc1ccccc1. The summed E-state index contributed by atoms with van der Waals surface area (Å²) in [6, 6.07) is 9.34. The zero-order valence-electron chi connectivity index (χ0n) is 9.73. The number of carbonyl (C=O) groups is 2. The van der Waals surface area contributed by atoms with Crippen LogP contribution >= 0.6 is 11.8 Å². The van der Waals surface area contributed by atoms with E-state index in [4.69, 9.17) is 0 Å². The molecular formula is C12H16N2O2S. The predicted molar refractivity (Wildman–Crippen MR) is 71.1 cm³/mol. The van der Waals surface area contributed by atoms with Gasteiger partial charge < -0.3 is 10.6 Å². The largest absolute Gasteiger partial charge is 0.356 e. The van der Waals surface area contributed by atoms with Crippen LogP contribution in [0.2, 0.25) is 0 Å². The van der Waals surface area contributed by atoms with Crippen molar-refractivity contribution in [1.82, 2.24) is 5.32 Å². The predicted octanol–water partition coefficient (Wildman–Crippen LogP) is 1.49. The van der Waals surface area contributed by atoms with Crippen LogP contribution < -0.4 is 10.6 Å². The summed E-state index contributed by atoms with van der Waals surface area (Å²) in [5.74, 6) is 1.07. The van der Waals surface area contributed by atoms with E-state index in [1.807, 2.05) is 30.3 Å². The molecule has 0 aliphatic carbocycles. The first-order valence-electron chi connectivity index (χ1n) is 5.35. The molecule has 17 heavy (non-hydrogen) atoms. The number of nitrogens with one attached hydrogen (secondary N) is 2. The Morgan fingerprint density at radius 3 is 2.59 bits per heavy atom. The molecule has 0 saturated carbocycles. The summed E-state index contributed by atoms with van der Waals surface area (Å²) in [6.45, 7) is 2.07. The van der Waals surface area contributed by atoms with E-state index >= 15 is 0 Å². The second kappa shape index (κ2) is 7.73. The average Bonchev–Trinajstić information content (AvgIpc) is 2.29. The van der Waals surface area contributed by atoms with Gasteiger partial charge in [0.15, 0.2) is 0 Å². The van der Waals surface area contributed by atoms with Gasteiger partial charge in [-0.15, -0.1) is 0 Å². The van der Waals surface area contributed by atoms with Crippen molar-refractivity contribution in [2.75, 3.05) is 23.4 Å². The van der Waals surface area contributed by atoms with E-state index in [-0.39, 0.29) is 11.8 Å². The number of hydrogen-bond acceptors (Lipinski definition) is 3. The van der Waals surface area contributed by atoms with Crippen molar-refractivity contribution in [1.29, 1.82) is 0 Å². The number of amides is 2. The number of benzene rings is 1. The molecule has 0 heterocycles. The van der Waals surface area contributed by atoms with Gasteiger partial charge in [-0.2, -0.15) is 11.8 Å². The summed E-state index contributed by atoms with van der Waals surface area (Å²) in [6.07, 6.45) is 0. The highest BCUT2D eigenvalue weighted by atomic mass is 32.2. The number of para-hydroxylation sites is 1. The van der Waals surface area contributed by atoms with Crippen molar-refractivity contribution in [3.05, 3.63) is 30.3 Å². The summed E-state index contributed by atoms with van der Waals surface area (Å²) >= 11 is 1.50. The molecule has 0 saturated heterocycles. The van der Waals surface area contributed by atoms with Crippen molar-refractivity contribution < 1.29 is 9.59 Å². The molecule has 1 aromatic carbocycles. The first-order chi connectivity index (χ1) is 8.18. The number of carbonyl (C=O) groups excluding carboxylic acids is 2. The Morgan fingerprint density at radius 2 is 1.94 bits per heavy atom. The number of thioether (sulfide) groups is 1. The van der Waals surface area contributed by atoms with E-state index in [2.05, 4.69) is 10.6 Å². The third-order valence-electron chi connectivity index (χ3n) is 1.91. The van der Waals surface area contributed by atoms with E-state index in [0.29, 0.717) is 12.3 Å². The standard InChI is InChI=1S/C12H16N2O2S/c1-10(15)13-7-8-17-9-12(16)14-11-5-3-2-4-6-11/h2-6H,7-9H2,1H3,(H,13,15)(H,14,16). The Morgan fingerprint density at radius 1 is 1.24 bits per heavy atom. The maximum absolute atomic E-state index is 11.5. The van der Waals surface area contributed by atoms with Crippen LogP contribution in [-0.2, 0) is 9.59 Å². The van der Waals surface area contributed by atoms with Crippen LogP contribution in [0.15, 0.2) is 30.3 Å². The van der Waals surface area contributed by atoms with Crippen molar-refractivity contribution in [2.24, 2.45) is 0 Å². The topological polar surface area (TPSA) is 58.2 Å². The molecule has 0 aliphatic heterocycles. The summed E-state index contributed by atoms with van der Waals surface area (Å²) in [4.78, 5) is 22.1. The van der Waals surface area contributed by atoms with Crippen LogP contribution in [0, 0.1) is 0 Å². The minimum absolute atomic E-state index is 0.0241. The molecule has 0 spiro atoms. The molecule has 1 aromatic rings. The van der Waals surface area contributed by atoms with Crippen molar-refractivity contribution in [2.45, 2.75) is 6.92 Å². The van der Waals surface area contributed by atoms with E-state index in [0.717, 1.165) is 11.4 Å². The minimum atomic E-state index is -0.0423. The summed E-state index contributed by atoms with van der Waals surface area (Å²) in [5, 5.41) is 5.47. The molecule has 0 bridgehead atoms. The Kier molecular flexibility index (Phi) is 6.17. The zero-order valence-corrected chi connectivity index (χ0v) is 10.5. The van der Waals surface area contributed by atoms with Gasteiger partial charge in [-0.1, -0.05) is 18.2 Å². The highest BCUT2D eigenvalue weighted by Crippen LogP contribution is 2.06. The van der Waals surface area contributed by atoms with Crippen LogP contribution in [0.25, 0.3) is 0 Å². The molecule has 5 heteroatoms. The van der Waals surface area contributed by atoms with Crippen LogP contribution in [-0.4, -0.2) is 29.9 Å². The quantitative estimate of drug-likeness (QED) is 0.754. The minimum Gasteiger partial charge on any atom is -0.356 e. The fourth-order valence-corrected chi connectivity index (χ4v) is 1.83. The van der Waals surface area contributed by atoms with Crippen molar-refractivity contribution in [3.63, 3.8) is 0 Å². The Hall–Kier alpha value is -1.49. The molecule has 0 aliphatic rings. The van der Waals surface area contributed by atoms with Gasteiger partial charge in [-0.05, 0) is 12.1 Å². The molecule has 92 valence electrons. The summed E-state index contributed by atoms with van der Waals surface area (Å²) in [7, 11) is 0. The Labute approximate surface area is 105 Å². The van der Waals surface area contributed by atoms with Crippen LogP contribution in [0.5, 0.6) is 0 Å². The number of anilines is 1. The third-order valence-corrected chi connectivity index (χ3v) is 2.87. The van der Waals surface area contributed by atoms with Crippen LogP contribution in [0.1, 0.15) is 6.92 Å². The smallest absolute Gasteiger partial charge is 0.234 e. The molecule has 0 aromatic heterocycles. The van der Waals surface area contributed by atoms with E-state index in [1.165, 1.54) is 18.7 Å². The lowest BCUT2D eigenvalue weighted by Crippen LogP contribution is -2.23. The lowest BCUT2D eigenvalue weighted by Gasteiger charge is -2.05. The molecule has 2 amide bonds. The summed E-state index contributed by atoms with van der Waals surface area (Å²) in [5.41, 5.74) is 0.806. The molecular weight excluding hydrogens is 236 g/mol. The van der Waals surface area contributed by atoms with Crippen LogP contribution in [0.3, 0.4) is 0 Å². The maximum atomic E-state index is 11.5. The van der Waals surface area contributed by atoms with Crippen molar-refractivity contribution >= 4 is 29.3 Å². The van der Waals surface area contributed by atoms with Gasteiger partial charge in [-0.25, -0.2) is 0 Å². The number of rotatable bonds is 6. The highest BCUT2D eigenvalue weighted by molar-refractivity contribution is 7.99. The fraction of sp³-hybridized carbons (Fsp3) is 0.333.